The van der Waals surface area contributed by atoms with Gasteiger partial charge in [0.25, 0.3) is 0 Å². The van der Waals surface area contributed by atoms with Crippen LogP contribution in [0.15, 0.2) is 18.2 Å². The molecule has 19 heavy (non-hydrogen) atoms. The first-order valence-corrected chi connectivity index (χ1v) is 6.53. The van der Waals surface area contributed by atoms with E-state index in [0.717, 1.165) is 12.0 Å². The van der Waals surface area contributed by atoms with E-state index in [1.54, 1.807) is 12.1 Å². The molecule has 0 spiro atoms. The number of aryl methyl sites for hydroxylation is 1. The van der Waals surface area contributed by atoms with Crippen LogP contribution in [0.2, 0.25) is 5.02 Å². The molecule has 0 bridgehead atoms. The smallest absolute Gasteiger partial charge is 0.311 e. The highest BCUT2D eigenvalue weighted by atomic mass is 35.5. The van der Waals surface area contributed by atoms with Gasteiger partial charge in [0, 0.05) is 0 Å². The topological polar surface area (TPSA) is 52.6 Å². The van der Waals surface area contributed by atoms with Crippen LogP contribution in [0.5, 0.6) is 5.75 Å². The minimum Gasteiger partial charge on any atom is -0.466 e. The molecule has 0 aliphatic carbocycles. The third-order valence-corrected chi connectivity index (χ3v) is 2.62. The third-order valence-electron chi connectivity index (χ3n) is 2.31. The molecule has 104 valence electrons. The van der Waals surface area contributed by atoms with E-state index in [9.17, 15) is 9.59 Å². The van der Waals surface area contributed by atoms with Crippen molar-refractivity contribution in [3.05, 3.63) is 28.8 Å². The average molecular weight is 285 g/mol. The molecule has 0 unspecified atom stereocenters. The Morgan fingerprint density at radius 1 is 1.21 bits per heavy atom. The van der Waals surface area contributed by atoms with Gasteiger partial charge in [0.15, 0.2) is 0 Å². The van der Waals surface area contributed by atoms with Crippen molar-refractivity contribution in [3.63, 3.8) is 0 Å². The lowest BCUT2D eigenvalue weighted by atomic mass is 10.2. The minimum atomic E-state index is -0.499. The first-order chi connectivity index (χ1) is 9.02. The van der Waals surface area contributed by atoms with E-state index in [0.29, 0.717) is 17.4 Å². The molecular weight excluding hydrogens is 268 g/mol. The summed E-state index contributed by atoms with van der Waals surface area (Å²) in [4.78, 5) is 22.8. The summed E-state index contributed by atoms with van der Waals surface area (Å²) in [5.41, 5.74) is 0.939. The van der Waals surface area contributed by atoms with Gasteiger partial charge in [-0.1, -0.05) is 24.6 Å². The quantitative estimate of drug-likeness (QED) is 0.594. The van der Waals surface area contributed by atoms with E-state index in [1.165, 1.54) is 0 Å². The first kappa shape index (κ1) is 15.5. The summed E-state index contributed by atoms with van der Waals surface area (Å²) in [6, 6.07) is 5.16. The SMILES string of the molecule is CCCOC(=O)CCC(=O)Oc1cc(C)ccc1Cl. The first-order valence-electron chi connectivity index (χ1n) is 6.15. The van der Waals surface area contributed by atoms with Crippen LogP contribution in [0.25, 0.3) is 0 Å². The van der Waals surface area contributed by atoms with Crippen molar-refractivity contribution >= 4 is 23.5 Å². The van der Waals surface area contributed by atoms with Gasteiger partial charge in [-0.2, -0.15) is 0 Å². The zero-order valence-corrected chi connectivity index (χ0v) is 11.8. The van der Waals surface area contributed by atoms with E-state index in [2.05, 4.69) is 0 Å². The Hall–Kier alpha value is -1.55. The number of benzene rings is 1. The zero-order valence-electron chi connectivity index (χ0n) is 11.1. The van der Waals surface area contributed by atoms with Crippen LogP contribution >= 0.6 is 11.6 Å². The Morgan fingerprint density at radius 3 is 2.58 bits per heavy atom. The van der Waals surface area contributed by atoms with Gasteiger partial charge in [0.05, 0.1) is 24.5 Å². The van der Waals surface area contributed by atoms with Crippen LogP contribution in [-0.2, 0) is 14.3 Å². The van der Waals surface area contributed by atoms with Crippen molar-refractivity contribution in [1.82, 2.24) is 0 Å². The summed E-state index contributed by atoms with van der Waals surface area (Å²) in [6.07, 6.45) is 0.754. The molecule has 0 saturated carbocycles. The molecule has 0 N–H and O–H groups in total. The fraction of sp³-hybridized carbons (Fsp3) is 0.429. The highest BCUT2D eigenvalue weighted by molar-refractivity contribution is 6.32. The highest BCUT2D eigenvalue weighted by Crippen LogP contribution is 2.25. The Labute approximate surface area is 117 Å². The Bertz CT molecular complexity index is 457. The molecule has 0 heterocycles. The Kier molecular flexibility index (Phi) is 6.36. The fourth-order valence-electron chi connectivity index (χ4n) is 1.35. The largest absolute Gasteiger partial charge is 0.466 e. The summed E-state index contributed by atoms with van der Waals surface area (Å²) in [6.45, 7) is 4.15. The van der Waals surface area contributed by atoms with Gasteiger partial charge in [-0.25, -0.2) is 0 Å². The molecule has 1 aromatic carbocycles. The summed E-state index contributed by atoms with van der Waals surface area (Å²) in [5.74, 6) is -0.580. The van der Waals surface area contributed by atoms with Crippen molar-refractivity contribution in [1.29, 1.82) is 0 Å². The fourth-order valence-corrected chi connectivity index (χ4v) is 1.51. The van der Waals surface area contributed by atoms with Crippen LogP contribution in [0.3, 0.4) is 0 Å². The van der Waals surface area contributed by atoms with E-state index in [-0.39, 0.29) is 12.8 Å². The van der Waals surface area contributed by atoms with Crippen LogP contribution in [0.4, 0.5) is 0 Å². The second-order valence-corrected chi connectivity index (χ2v) is 4.54. The average Bonchev–Trinajstić information content (AvgIpc) is 2.38. The van der Waals surface area contributed by atoms with Gasteiger partial charge < -0.3 is 9.47 Å². The molecule has 0 saturated heterocycles. The number of carbonyl (C=O) groups is 2. The van der Waals surface area contributed by atoms with Gasteiger partial charge in [-0.05, 0) is 31.0 Å². The molecule has 1 rings (SSSR count). The second-order valence-electron chi connectivity index (χ2n) is 4.13. The Morgan fingerprint density at radius 2 is 1.89 bits per heavy atom. The maximum atomic E-state index is 11.6. The number of hydrogen-bond donors (Lipinski definition) is 0. The van der Waals surface area contributed by atoms with Crippen LogP contribution in [0, 0.1) is 6.92 Å². The molecule has 5 heteroatoms. The Balaban J connectivity index is 2.43. The van der Waals surface area contributed by atoms with E-state index in [1.807, 2.05) is 19.9 Å². The van der Waals surface area contributed by atoms with E-state index >= 15 is 0 Å². The third kappa shape index (κ3) is 5.75. The van der Waals surface area contributed by atoms with E-state index < -0.39 is 11.9 Å². The van der Waals surface area contributed by atoms with Crippen LogP contribution in [0.1, 0.15) is 31.7 Å². The van der Waals surface area contributed by atoms with Crippen molar-refractivity contribution in [2.75, 3.05) is 6.61 Å². The van der Waals surface area contributed by atoms with Gasteiger partial charge in [0.2, 0.25) is 0 Å². The van der Waals surface area contributed by atoms with Crippen molar-refractivity contribution < 1.29 is 19.1 Å². The molecule has 4 nitrogen and oxygen atoms in total. The maximum absolute atomic E-state index is 11.6. The molecule has 0 aromatic heterocycles. The van der Waals surface area contributed by atoms with Crippen molar-refractivity contribution in [3.8, 4) is 5.75 Å². The number of esters is 2. The van der Waals surface area contributed by atoms with E-state index in [4.69, 9.17) is 21.1 Å². The van der Waals surface area contributed by atoms with Crippen molar-refractivity contribution in [2.45, 2.75) is 33.1 Å². The molecule has 1 aromatic rings. The number of ether oxygens (including phenoxy) is 2. The number of rotatable bonds is 6. The highest BCUT2D eigenvalue weighted by Gasteiger charge is 2.11. The second kappa shape index (κ2) is 7.79. The molecule has 0 aliphatic heterocycles. The standard InChI is InChI=1S/C14H17ClO4/c1-3-8-18-13(16)6-7-14(17)19-12-9-10(2)4-5-11(12)15/h4-5,9H,3,6-8H2,1-2H3. The maximum Gasteiger partial charge on any atom is 0.311 e. The lowest BCUT2D eigenvalue weighted by Gasteiger charge is -2.07. The van der Waals surface area contributed by atoms with Gasteiger partial charge >= 0.3 is 11.9 Å². The van der Waals surface area contributed by atoms with Crippen LogP contribution in [-0.4, -0.2) is 18.5 Å². The molecular formula is C14H17ClO4. The minimum absolute atomic E-state index is 0.0161. The molecule has 0 aliphatic rings. The van der Waals surface area contributed by atoms with Gasteiger partial charge in [0.1, 0.15) is 5.75 Å². The predicted molar refractivity (Wildman–Crippen MR) is 72.3 cm³/mol. The van der Waals surface area contributed by atoms with Crippen LogP contribution < -0.4 is 4.74 Å². The number of hydrogen-bond acceptors (Lipinski definition) is 4. The van der Waals surface area contributed by atoms with Crippen molar-refractivity contribution in [2.24, 2.45) is 0 Å². The molecule has 0 atom stereocenters. The predicted octanol–water partition coefficient (Wildman–Crippen LogP) is 3.29. The number of halogens is 1. The lowest BCUT2D eigenvalue weighted by Crippen LogP contribution is -2.12. The summed E-state index contributed by atoms with van der Waals surface area (Å²) in [5, 5.41) is 0.368. The summed E-state index contributed by atoms with van der Waals surface area (Å²) >= 11 is 5.90. The van der Waals surface area contributed by atoms with Gasteiger partial charge in [-0.15, -0.1) is 0 Å². The number of carbonyl (C=O) groups excluding carboxylic acids is 2. The molecule has 0 radical (unpaired) electrons. The normalized spacial score (nSPS) is 10.1. The summed E-state index contributed by atoms with van der Waals surface area (Å²) < 4.78 is 9.96. The monoisotopic (exact) mass is 284 g/mol. The zero-order chi connectivity index (χ0) is 14.3. The van der Waals surface area contributed by atoms with Gasteiger partial charge in [-0.3, -0.25) is 9.59 Å². The molecule has 0 amide bonds. The summed E-state index contributed by atoms with van der Waals surface area (Å²) in [7, 11) is 0. The lowest BCUT2D eigenvalue weighted by molar-refractivity contribution is -0.146. The molecule has 0 fully saturated rings.